The zero-order chi connectivity index (χ0) is 28.1. The van der Waals surface area contributed by atoms with E-state index >= 15 is 0 Å². The molecule has 41 heavy (non-hydrogen) atoms. The largest absolute Gasteiger partial charge is 0.497 e. The number of benzene rings is 3. The van der Waals surface area contributed by atoms with Crippen LogP contribution >= 0.6 is 23.7 Å². The summed E-state index contributed by atoms with van der Waals surface area (Å²) >= 11 is 1.68. The molecule has 1 aliphatic heterocycles. The van der Waals surface area contributed by atoms with Gasteiger partial charge in [-0.3, -0.25) is 14.0 Å². The number of fused-ring (bicyclic) bond motifs is 1. The van der Waals surface area contributed by atoms with Gasteiger partial charge in [-0.05, 0) is 61.5 Å². The second kappa shape index (κ2) is 13.5. The van der Waals surface area contributed by atoms with Crippen LogP contribution < -0.4 is 19.3 Å². The van der Waals surface area contributed by atoms with Gasteiger partial charge in [-0.25, -0.2) is 13.4 Å². The van der Waals surface area contributed by atoms with Crippen molar-refractivity contribution < 1.29 is 17.9 Å². The Morgan fingerprint density at radius 1 is 1.02 bits per heavy atom. The Kier molecular flexibility index (Phi) is 10.1. The maximum atomic E-state index is 13.2. The molecule has 1 N–H and O–H groups in total. The quantitative estimate of drug-likeness (QED) is 0.281. The van der Waals surface area contributed by atoms with Gasteiger partial charge >= 0.3 is 0 Å². The van der Waals surface area contributed by atoms with Crippen molar-refractivity contribution in [2.75, 3.05) is 62.1 Å². The van der Waals surface area contributed by atoms with E-state index in [9.17, 15) is 13.2 Å². The lowest BCUT2D eigenvalue weighted by atomic mass is 10.2. The predicted molar refractivity (Wildman–Crippen MR) is 167 cm³/mol. The second-order valence-electron chi connectivity index (χ2n) is 9.44. The molecule has 5 rings (SSSR count). The summed E-state index contributed by atoms with van der Waals surface area (Å²) in [5.41, 5.74) is 2.02. The number of piperazine rings is 1. The molecule has 0 aliphatic carbocycles. The number of sulfonamides is 1. The third-order valence-corrected chi connectivity index (χ3v) is 9.97. The fourth-order valence-electron chi connectivity index (χ4n) is 4.74. The van der Waals surface area contributed by atoms with E-state index in [4.69, 9.17) is 9.72 Å². The Hall–Kier alpha value is -3.38. The maximum absolute atomic E-state index is 13.2. The summed E-state index contributed by atoms with van der Waals surface area (Å²) in [5.74, 6) is 0.615. The summed E-state index contributed by atoms with van der Waals surface area (Å²) < 4.78 is 34.2. The number of ether oxygens (including phenoxy) is 1. The SMILES string of the molecule is CCN(c1ccccc1)S(=O)(=O)c1ccc(C(=O)NCCN2CCN(c3nc4ccc(OC)cc4s3)CC2)cc1.Cl. The van der Waals surface area contributed by atoms with Crippen LogP contribution in [0, 0.1) is 0 Å². The lowest BCUT2D eigenvalue weighted by molar-refractivity contribution is 0.0947. The predicted octanol–water partition coefficient (Wildman–Crippen LogP) is 4.49. The number of anilines is 2. The lowest BCUT2D eigenvalue weighted by Crippen LogP contribution is -2.48. The number of nitrogens with zero attached hydrogens (tertiary/aromatic N) is 4. The molecule has 1 fully saturated rings. The molecule has 3 aromatic carbocycles. The molecule has 1 aromatic heterocycles. The zero-order valence-corrected chi connectivity index (χ0v) is 25.5. The first-order chi connectivity index (χ1) is 19.4. The first kappa shape index (κ1) is 30.6. The molecule has 0 unspecified atom stereocenters. The minimum Gasteiger partial charge on any atom is -0.497 e. The molecule has 0 atom stereocenters. The Bertz CT molecular complexity index is 1560. The molecular weight excluding hydrogens is 582 g/mol. The monoisotopic (exact) mass is 615 g/mol. The Balaban J connectivity index is 0.00000387. The fourth-order valence-corrected chi connectivity index (χ4v) is 7.26. The van der Waals surface area contributed by atoms with Crippen molar-refractivity contribution in [1.82, 2.24) is 15.2 Å². The highest BCUT2D eigenvalue weighted by Gasteiger charge is 2.24. The van der Waals surface area contributed by atoms with Crippen LogP contribution in [0.1, 0.15) is 17.3 Å². The fraction of sp³-hybridized carbons (Fsp3) is 0.310. The maximum Gasteiger partial charge on any atom is 0.264 e. The number of carbonyl (C=O) groups is 1. The highest BCUT2D eigenvalue weighted by Crippen LogP contribution is 2.32. The van der Waals surface area contributed by atoms with E-state index in [0.717, 1.165) is 53.8 Å². The van der Waals surface area contributed by atoms with Crippen molar-refractivity contribution in [3.8, 4) is 5.75 Å². The number of hydrogen-bond acceptors (Lipinski definition) is 8. The van der Waals surface area contributed by atoms with Crippen molar-refractivity contribution in [3.63, 3.8) is 0 Å². The van der Waals surface area contributed by atoms with E-state index in [1.165, 1.54) is 16.4 Å². The molecule has 0 spiro atoms. The van der Waals surface area contributed by atoms with Gasteiger partial charge in [0.1, 0.15) is 5.75 Å². The van der Waals surface area contributed by atoms with Crippen LogP contribution in [0.25, 0.3) is 10.2 Å². The average Bonchev–Trinajstić information content (AvgIpc) is 3.42. The molecule has 0 radical (unpaired) electrons. The molecular formula is C29H34ClN5O4S2. The van der Waals surface area contributed by atoms with E-state index in [2.05, 4.69) is 15.1 Å². The van der Waals surface area contributed by atoms with Gasteiger partial charge in [-0.2, -0.15) is 0 Å². The summed E-state index contributed by atoms with van der Waals surface area (Å²) in [5, 5.41) is 3.98. The van der Waals surface area contributed by atoms with Crippen LogP contribution in [0.3, 0.4) is 0 Å². The summed E-state index contributed by atoms with van der Waals surface area (Å²) in [7, 11) is -2.06. The Morgan fingerprint density at radius 3 is 2.39 bits per heavy atom. The van der Waals surface area contributed by atoms with Gasteiger partial charge in [0.05, 0.1) is 27.9 Å². The number of amides is 1. The van der Waals surface area contributed by atoms with Crippen LogP contribution in [0.4, 0.5) is 10.8 Å². The van der Waals surface area contributed by atoms with Crippen molar-refractivity contribution in [2.24, 2.45) is 0 Å². The van der Waals surface area contributed by atoms with E-state index < -0.39 is 10.0 Å². The van der Waals surface area contributed by atoms with Crippen molar-refractivity contribution >= 4 is 60.7 Å². The topological polar surface area (TPSA) is 95.1 Å². The highest BCUT2D eigenvalue weighted by atomic mass is 35.5. The van der Waals surface area contributed by atoms with Crippen molar-refractivity contribution in [3.05, 3.63) is 78.4 Å². The van der Waals surface area contributed by atoms with Crippen LogP contribution in [0.15, 0.2) is 77.7 Å². The molecule has 12 heteroatoms. The van der Waals surface area contributed by atoms with Gasteiger partial charge in [0.15, 0.2) is 5.13 Å². The van der Waals surface area contributed by atoms with Crippen LogP contribution in [0.2, 0.25) is 0 Å². The van der Waals surface area contributed by atoms with E-state index in [-0.39, 0.29) is 23.2 Å². The van der Waals surface area contributed by atoms with Crippen LogP contribution in [-0.2, 0) is 10.0 Å². The number of thiazole rings is 1. The number of halogens is 1. The van der Waals surface area contributed by atoms with E-state index in [1.807, 2.05) is 24.3 Å². The minimum absolute atomic E-state index is 0. The molecule has 0 bridgehead atoms. The van der Waals surface area contributed by atoms with Gasteiger partial charge in [-0.15, -0.1) is 12.4 Å². The summed E-state index contributed by atoms with van der Waals surface area (Å²) in [4.78, 5) is 22.3. The number of rotatable bonds is 10. The number of carbonyl (C=O) groups excluding carboxylic acids is 1. The minimum atomic E-state index is -3.73. The van der Waals surface area contributed by atoms with Crippen molar-refractivity contribution in [1.29, 1.82) is 0 Å². The molecule has 2 heterocycles. The number of aromatic nitrogens is 1. The second-order valence-corrected chi connectivity index (χ2v) is 12.3. The molecule has 9 nitrogen and oxygen atoms in total. The van der Waals surface area contributed by atoms with Gasteiger partial charge in [0.25, 0.3) is 15.9 Å². The van der Waals surface area contributed by atoms with Gasteiger partial charge < -0.3 is 15.0 Å². The van der Waals surface area contributed by atoms with Crippen LogP contribution in [0.5, 0.6) is 5.75 Å². The van der Waals surface area contributed by atoms with Gasteiger partial charge in [0, 0.05) is 51.4 Å². The average molecular weight is 616 g/mol. The number of hydrogen-bond donors (Lipinski definition) is 1. The third kappa shape index (κ3) is 6.92. The third-order valence-electron chi connectivity index (χ3n) is 6.98. The Morgan fingerprint density at radius 2 is 1.73 bits per heavy atom. The smallest absolute Gasteiger partial charge is 0.264 e. The number of nitrogens with one attached hydrogen (secondary N) is 1. The zero-order valence-electron chi connectivity index (χ0n) is 23.0. The van der Waals surface area contributed by atoms with E-state index in [0.29, 0.717) is 24.3 Å². The summed E-state index contributed by atoms with van der Waals surface area (Å²) in [6.07, 6.45) is 0. The highest BCUT2D eigenvalue weighted by molar-refractivity contribution is 7.92. The Labute approximate surface area is 251 Å². The van der Waals surface area contributed by atoms with Gasteiger partial charge in [-0.1, -0.05) is 29.5 Å². The molecule has 0 saturated carbocycles. The first-order valence-electron chi connectivity index (χ1n) is 13.3. The molecule has 4 aromatic rings. The number of para-hydroxylation sites is 1. The van der Waals surface area contributed by atoms with Crippen molar-refractivity contribution in [2.45, 2.75) is 11.8 Å². The van der Waals surface area contributed by atoms with Crippen LogP contribution in [-0.4, -0.2) is 77.1 Å². The van der Waals surface area contributed by atoms with Gasteiger partial charge in [0.2, 0.25) is 0 Å². The molecule has 218 valence electrons. The lowest BCUT2D eigenvalue weighted by Gasteiger charge is -2.34. The normalized spacial score (nSPS) is 14.0. The number of methoxy groups -OCH3 is 1. The molecule has 1 saturated heterocycles. The summed E-state index contributed by atoms with van der Waals surface area (Å²) in [6, 6.07) is 21.0. The first-order valence-corrected chi connectivity index (χ1v) is 15.5. The summed E-state index contributed by atoms with van der Waals surface area (Å²) in [6.45, 7) is 6.87. The standard InChI is InChI=1S/C29H33N5O4S2.ClH/c1-3-34(23-7-5-4-6-8-23)40(36,37)25-12-9-22(10-13-25)28(35)30-15-16-32-17-19-33(20-18-32)29-31-26-14-11-24(38-2)21-27(26)39-29;/h4-14,21H,3,15-20H2,1-2H3,(H,30,35);1H. The molecule has 1 amide bonds. The van der Waals surface area contributed by atoms with E-state index in [1.54, 1.807) is 61.8 Å². The molecule has 1 aliphatic rings.